The Labute approximate surface area is 160 Å². The van der Waals surface area contributed by atoms with Gasteiger partial charge in [0.1, 0.15) is 6.04 Å². The highest BCUT2D eigenvalue weighted by Gasteiger charge is 2.23. The molecule has 0 fully saturated rings. The lowest BCUT2D eigenvalue weighted by atomic mass is 10.1. The van der Waals surface area contributed by atoms with Gasteiger partial charge in [-0.3, -0.25) is 9.78 Å². The smallest absolute Gasteiger partial charge is 0.328 e. The molecule has 28 heavy (non-hydrogen) atoms. The molecule has 0 aliphatic rings. The van der Waals surface area contributed by atoms with E-state index in [2.05, 4.69) is 10.3 Å². The number of amides is 1. The normalized spacial score (nSPS) is 11.8. The van der Waals surface area contributed by atoms with Crippen LogP contribution in [0, 0.1) is 11.6 Å². The predicted octanol–water partition coefficient (Wildman–Crippen LogP) is 2.96. The van der Waals surface area contributed by atoms with Crippen molar-refractivity contribution in [2.45, 2.75) is 18.9 Å². The first-order chi connectivity index (χ1) is 13.5. The zero-order valence-electron chi connectivity index (χ0n) is 15.1. The third-order valence-corrected chi connectivity index (χ3v) is 4.24. The van der Waals surface area contributed by atoms with Gasteiger partial charge in [-0.2, -0.15) is 0 Å². The Morgan fingerprint density at radius 3 is 2.61 bits per heavy atom. The second-order valence-electron chi connectivity index (χ2n) is 6.27. The number of hydrogen-bond donors (Lipinski definition) is 1. The van der Waals surface area contributed by atoms with Gasteiger partial charge in [0, 0.05) is 17.5 Å². The van der Waals surface area contributed by atoms with Gasteiger partial charge in [-0.05, 0) is 29.8 Å². The molecule has 5 nitrogen and oxygen atoms in total. The minimum Gasteiger partial charge on any atom is -0.467 e. The summed E-state index contributed by atoms with van der Waals surface area (Å²) in [6.07, 6.45) is -0.0587. The van der Waals surface area contributed by atoms with Crippen LogP contribution in [0.25, 0.3) is 10.9 Å². The van der Waals surface area contributed by atoms with Crippen LogP contribution in [-0.4, -0.2) is 30.0 Å². The molecule has 2 aromatic carbocycles. The molecule has 144 valence electrons. The van der Waals surface area contributed by atoms with E-state index >= 15 is 0 Å². The molecule has 3 aromatic rings. The Morgan fingerprint density at radius 1 is 1.07 bits per heavy atom. The van der Waals surface area contributed by atoms with E-state index in [0.717, 1.165) is 23.0 Å². The van der Waals surface area contributed by atoms with Crippen molar-refractivity contribution in [2.24, 2.45) is 0 Å². The third kappa shape index (κ3) is 4.68. The fourth-order valence-corrected chi connectivity index (χ4v) is 2.85. The average molecular weight is 384 g/mol. The zero-order valence-corrected chi connectivity index (χ0v) is 15.1. The summed E-state index contributed by atoms with van der Waals surface area (Å²) < 4.78 is 31.1. The first-order valence-electron chi connectivity index (χ1n) is 8.62. The second kappa shape index (κ2) is 8.56. The van der Waals surface area contributed by atoms with Crippen LogP contribution in [0.2, 0.25) is 0 Å². The summed E-state index contributed by atoms with van der Waals surface area (Å²) in [7, 11) is 1.23. The molecule has 1 atom stereocenters. The number of carbonyl (C=O) groups excluding carboxylic acids is 2. The largest absolute Gasteiger partial charge is 0.467 e. The molecule has 0 spiro atoms. The maximum Gasteiger partial charge on any atom is 0.328 e. The minimum atomic E-state index is -1.03. The molecule has 0 radical (unpaired) electrons. The van der Waals surface area contributed by atoms with Crippen LogP contribution in [0.15, 0.2) is 54.6 Å². The van der Waals surface area contributed by atoms with Gasteiger partial charge < -0.3 is 10.1 Å². The Balaban J connectivity index is 1.72. The van der Waals surface area contributed by atoms with Gasteiger partial charge in [0.2, 0.25) is 5.91 Å². The highest BCUT2D eigenvalue weighted by atomic mass is 19.2. The molecule has 3 rings (SSSR count). The highest BCUT2D eigenvalue weighted by molar-refractivity contribution is 5.86. The van der Waals surface area contributed by atoms with Gasteiger partial charge in [0.25, 0.3) is 0 Å². The molecular weight excluding hydrogens is 366 g/mol. The molecule has 1 heterocycles. The number of para-hydroxylation sites is 1. The number of carbonyl (C=O) groups is 2. The molecule has 7 heteroatoms. The van der Waals surface area contributed by atoms with Gasteiger partial charge >= 0.3 is 5.97 Å². The fraction of sp³-hybridized carbons (Fsp3) is 0.190. The number of ether oxygens (including phenoxy) is 1. The first-order valence-corrected chi connectivity index (χ1v) is 8.62. The van der Waals surface area contributed by atoms with Crippen LogP contribution in [0.3, 0.4) is 0 Å². The van der Waals surface area contributed by atoms with Gasteiger partial charge in [-0.25, -0.2) is 13.6 Å². The number of nitrogens with zero attached hydrogens (tertiary/aromatic N) is 1. The number of benzene rings is 2. The quantitative estimate of drug-likeness (QED) is 0.664. The third-order valence-electron chi connectivity index (χ3n) is 4.24. The van der Waals surface area contributed by atoms with Crippen LogP contribution >= 0.6 is 0 Å². The maximum absolute atomic E-state index is 13.3. The molecule has 1 aromatic heterocycles. The predicted molar refractivity (Wildman–Crippen MR) is 99.5 cm³/mol. The molecule has 0 aliphatic carbocycles. The van der Waals surface area contributed by atoms with Gasteiger partial charge in [0.05, 0.1) is 19.0 Å². The van der Waals surface area contributed by atoms with Crippen molar-refractivity contribution in [2.75, 3.05) is 7.11 Å². The van der Waals surface area contributed by atoms with Crippen molar-refractivity contribution in [3.05, 3.63) is 77.5 Å². The molecule has 0 bridgehead atoms. The second-order valence-corrected chi connectivity index (χ2v) is 6.27. The fourth-order valence-electron chi connectivity index (χ4n) is 2.85. The Morgan fingerprint density at radius 2 is 1.86 bits per heavy atom. The molecular formula is C21H18F2N2O3. The number of methoxy groups -OCH3 is 1. The van der Waals surface area contributed by atoms with Gasteiger partial charge in [-0.1, -0.05) is 30.3 Å². The monoisotopic (exact) mass is 384 g/mol. The summed E-state index contributed by atoms with van der Waals surface area (Å²) in [5, 5.41) is 3.54. The van der Waals surface area contributed by atoms with E-state index in [1.165, 1.54) is 13.2 Å². The van der Waals surface area contributed by atoms with E-state index in [0.29, 0.717) is 11.3 Å². The average Bonchev–Trinajstić information content (AvgIpc) is 2.69. The van der Waals surface area contributed by atoms with E-state index in [1.807, 2.05) is 30.3 Å². The topological polar surface area (TPSA) is 68.3 Å². The van der Waals surface area contributed by atoms with Crippen LogP contribution in [0.4, 0.5) is 8.78 Å². The zero-order chi connectivity index (χ0) is 20.1. The summed E-state index contributed by atoms with van der Waals surface area (Å²) in [5.41, 5.74) is 1.68. The number of rotatable bonds is 6. The van der Waals surface area contributed by atoms with Crippen molar-refractivity contribution >= 4 is 22.8 Å². The van der Waals surface area contributed by atoms with Crippen molar-refractivity contribution < 1.29 is 23.1 Å². The molecule has 1 amide bonds. The molecule has 0 saturated heterocycles. The number of pyridine rings is 1. The summed E-state index contributed by atoms with van der Waals surface area (Å²) in [4.78, 5) is 28.9. The lowest BCUT2D eigenvalue weighted by Crippen LogP contribution is -2.43. The number of nitrogens with one attached hydrogen (secondary N) is 1. The molecule has 0 saturated carbocycles. The van der Waals surface area contributed by atoms with Gasteiger partial charge in [-0.15, -0.1) is 0 Å². The maximum atomic E-state index is 13.3. The lowest BCUT2D eigenvalue weighted by molar-refractivity contribution is -0.145. The minimum absolute atomic E-state index is 0.140. The number of aromatic nitrogens is 1. The van der Waals surface area contributed by atoms with E-state index in [-0.39, 0.29) is 12.8 Å². The van der Waals surface area contributed by atoms with E-state index in [1.54, 1.807) is 6.07 Å². The standard InChI is InChI=1S/C21H18F2N2O3/c1-28-21(27)19(12-15-8-7-14-4-2-3-5-18(14)24-15)25-20(26)11-13-6-9-16(22)17(23)10-13/h2-10,19H,11-12H2,1H3,(H,25,26)/t19-/m1/s1. The molecule has 1 N–H and O–H groups in total. The summed E-state index contributed by atoms with van der Waals surface area (Å²) in [5.74, 6) is -3.15. The number of hydrogen-bond acceptors (Lipinski definition) is 4. The van der Waals surface area contributed by atoms with Gasteiger partial charge in [0.15, 0.2) is 11.6 Å². The van der Waals surface area contributed by atoms with Crippen molar-refractivity contribution in [3.63, 3.8) is 0 Å². The van der Waals surface area contributed by atoms with Crippen molar-refractivity contribution in [1.82, 2.24) is 10.3 Å². The van der Waals surface area contributed by atoms with E-state index in [9.17, 15) is 18.4 Å². The van der Waals surface area contributed by atoms with Crippen molar-refractivity contribution in [1.29, 1.82) is 0 Å². The van der Waals surface area contributed by atoms with Crippen LogP contribution < -0.4 is 5.32 Å². The van der Waals surface area contributed by atoms with Crippen LogP contribution in [0.5, 0.6) is 0 Å². The van der Waals surface area contributed by atoms with Crippen LogP contribution in [0.1, 0.15) is 11.3 Å². The Hall–Kier alpha value is -3.35. The SMILES string of the molecule is COC(=O)[C@@H](Cc1ccc2ccccc2n1)NC(=O)Cc1ccc(F)c(F)c1. The van der Waals surface area contributed by atoms with E-state index < -0.39 is 29.6 Å². The number of halogens is 2. The van der Waals surface area contributed by atoms with E-state index in [4.69, 9.17) is 4.74 Å². The highest BCUT2D eigenvalue weighted by Crippen LogP contribution is 2.14. The van der Waals surface area contributed by atoms with Crippen LogP contribution in [-0.2, 0) is 27.2 Å². The first kappa shape index (κ1) is 19.4. The Kier molecular flexibility index (Phi) is 5.93. The molecule has 0 unspecified atom stereocenters. The Bertz CT molecular complexity index is 1020. The number of fused-ring (bicyclic) bond motifs is 1. The van der Waals surface area contributed by atoms with Crippen molar-refractivity contribution in [3.8, 4) is 0 Å². The molecule has 0 aliphatic heterocycles. The summed E-state index contributed by atoms with van der Waals surface area (Å²) in [6, 6.07) is 13.5. The lowest BCUT2D eigenvalue weighted by Gasteiger charge is -2.16. The summed E-state index contributed by atoms with van der Waals surface area (Å²) >= 11 is 0. The number of esters is 1. The summed E-state index contributed by atoms with van der Waals surface area (Å²) in [6.45, 7) is 0.